The lowest BCUT2D eigenvalue weighted by Crippen LogP contribution is -2.14. The van der Waals surface area contributed by atoms with Crippen molar-refractivity contribution in [2.75, 3.05) is 5.32 Å². The zero-order chi connectivity index (χ0) is 22.1. The number of hydrogen-bond acceptors (Lipinski definition) is 3. The summed E-state index contributed by atoms with van der Waals surface area (Å²) in [5, 5.41) is 8.06. The highest BCUT2D eigenvalue weighted by molar-refractivity contribution is 9.10. The molecule has 1 amide bonds. The van der Waals surface area contributed by atoms with Crippen LogP contribution in [0.1, 0.15) is 27.3 Å². The Balaban J connectivity index is 1.79. The van der Waals surface area contributed by atoms with Crippen LogP contribution in [0, 0.1) is 20.8 Å². The van der Waals surface area contributed by atoms with Crippen LogP contribution in [0.15, 0.2) is 65.1 Å². The second kappa shape index (κ2) is 8.65. The van der Waals surface area contributed by atoms with Gasteiger partial charge in [0.25, 0.3) is 5.91 Å². The summed E-state index contributed by atoms with van der Waals surface area (Å²) in [5.41, 5.74) is 5.42. The van der Waals surface area contributed by atoms with Crippen LogP contribution in [-0.2, 0) is 0 Å². The van der Waals surface area contributed by atoms with Crippen LogP contribution in [-0.4, -0.2) is 20.7 Å². The van der Waals surface area contributed by atoms with E-state index in [-0.39, 0.29) is 11.7 Å². The van der Waals surface area contributed by atoms with E-state index in [0.717, 1.165) is 32.4 Å². The predicted molar refractivity (Wildman–Crippen MR) is 128 cm³/mol. The summed E-state index contributed by atoms with van der Waals surface area (Å²) in [6, 6.07) is 19.1. The van der Waals surface area contributed by atoms with Crippen molar-refractivity contribution >= 4 is 39.1 Å². The molecule has 1 N–H and O–H groups in total. The first-order valence-electron chi connectivity index (χ1n) is 9.70. The summed E-state index contributed by atoms with van der Waals surface area (Å²) in [4.78, 5) is 17.5. The molecule has 0 saturated carbocycles. The lowest BCUT2D eigenvalue weighted by atomic mass is 10.1. The molecule has 31 heavy (non-hydrogen) atoms. The van der Waals surface area contributed by atoms with Crippen molar-refractivity contribution in [3.05, 3.63) is 92.7 Å². The number of carbonyl (C=O) groups excluding carboxylic acids is 1. The normalized spacial score (nSPS) is 10.9. The van der Waals surface area contributed by atoms with Gasteiger partial charge in [0.15, 0.2) is 5.82 Å². The van der Waals surface area contributed by atoms with Gasteiger partial charge in [0.05, 0.1) is 5.69 Å². The van der Waals surface area contributed by atoms with E-state index in [9.17, 15) is 4.79 Å². The van der Waals surface area contributed by atoms with E-state index in [4.69, 9.17) is 11.6 Å². The highest BCUT2D eigenvalue weighted by atomic mass is 79.9. The Hall–Kier alpha value is -2.96. The molecule has 0 aliphatic rings. The van der Waals surface area contributed by atoms with Gasteiger partial charge in [-0.15, -0.1) is 5.10 Å². The molecule has 1 aromatic heterocycles. The lowest BCUT2D eigenvalue weighted by molar-refractivity contribution is 0.101. The number of carbonyl (C=O) groups is 1. The molecule has 0 aliphatic heterocycles. The maximum atomic E-state index is 13.0. The number of aryl methyl sites for hydroxylation is 2. The summed E-state index contributed by atoms with van der Waals surface area (Å²) >= 11 is 9.79. The van der Waals surface area contributed by atoms with Crippen molar-refractivity contribution in [3.63, 3.8) is 0 Å². The minimum atomic E-state index is -0.375. The van der Waals surface area contributed by atoms with Gasteiger partial charge in [-0.3, -0.25) is 4.79 Å². The van der Waals surface area contributed by atoms with Crippen LogP contribution in [0.3, 0.4) is 0 Å². The summed E-state index contributed by atoms with van der Waals surface area (Å²) in [5.74, 6) is 0.263. The van der Waals surface area contributed by atoms with Crippen molar-refractivity contribution in [3.8, 4) is 17.1 Å². The third-order valence-electron chi connectivity index (χ3n) is 5.14. The third-order valence-corrected chi connectivity index (χ3v) is 6.08. The minimum absolute atomic E-state index is 0.0792. The molecule has 0 aliphatic carbocycles. The second-order valence-electron chi connectivity index (χ2n) is 7.31. The SMILES string of the molecule is Cc1ccc(NC(=O)c2nc(-c3ccc(Br)cc3)n(-c3cccc(Cl)c3C)n2)cc1C. The molecule has 3 aromatic carbocycles. The molecule has 5 nitrogen and oxygen atoms in total. The van der Waals surface area contributed by atoms with Crippen molar-refractivity contribution in [2.45, 2.75) is 20.8 Å². The van der Waals surface area contributed by atoms with Gasteiger partial charge in [0.1, 0.15) is 0 Å². The molecule has 7 heteroatoms. The number of halogens is 2. The first kappa shape index (κ1) is 21.3. The molecule has 4 rings (SSSR count). The number of nitrogens with zero attached hydrogens (tertiary/aromatic N) is 3. The fourth-order valence-electron chi connectivity index (χ4n) is 3.19. The second-order valence-corrected chi connectivity index (χ2v) is 8.64. The maximum Gasteiger partial charge on any atom is 0.295 e. The van der Waals surface area contributed by atoms with Gasteiger partial charge in [0.2, 0.25) is 5.82 Å². The number of amides is 1. The van der Waals surface area contributed by atoms with E-state index >= 15 is 0 Å². The van der Waals surface area contributed by atoms with Gasteiger partial charge < -0.3 is 5.32 Å². The summed E-state index contributed by atoms with van der Waals surface area (Å²) in [6.45, 7) is 5.95. The summed E-state index contributed by atoms with van der Waals surface area (Å²) in [6.07, 6.45) is 0. The molecule has 0 saturated heterocycles. The number of nitrogens with one attached hydrogen (secondary N) is 1. The first-order chi connectivity index (χ1) is 14.8. The smallest absolute Gasteiger partial charge is 0.295 e. The maximum absolute atomic E-state index is 13.0. The number of hydrogen-bond donors (Lipinski definition) is 1. The van der Waals surface area contributed by atoms with Crippen molar-refractivity contribution in [1.29, 1.82) is 0 Å². The fraction of sp³-hybridized carbons (Fsp3) is 0.125. The number of anilines is 1. The van der Waals surface area contributed by atoms with Gasteiger partial charge in [-0.1, -0.05) is 51.8 Å². The molecular formula is C24H20BrClN4O. The van der Waals surface area contributed by atoms with Gasteiger partial charge in [-0.25, -0.2) is 9.67 Å². The van der Waals surface area contributed by atoms with Crippen molar-refractivity contribution in [2.24, 2.45) is 0 Å². The zero-order valence-corrected chi connectivity index (χ0v) is 19.6. The lowest BCUT2D eigenvalue weighted by Gasteiger charge is -2.10. The van der Waals surface area contributed by atoms with E-state index in [0.29, 0.717) is 16.5 Å². The zero-order valence-electron chi connectivity index (χ0n) is 17.3. The topological polar surface area (TPSA) is 59.8 Å². The Kier molecular flexibility index (Phi) is 5.94. The number of benzene rings is 3. The molecular weight excluding hydrogens is 476 g/mol. The van der Waals surface area contributed by atoms with Crippen molar-refractivity contribution < 1.29 is 4.79 Å². The minimum Gasteiger partial charge on any atom is -0.319 e. The Morgan fingerprint density at radius 3 is 2.45 bits per heavy atom. The Labute approximate surface area is 194 Å². The van der Waals surface area contributed by atoms with Gasteiger partial charge in [-0.05, 0) is 73.9 Å². The first-order valence-corrected chi connectivity index (χ1v) is 10.9. The largest absolute Gasteiger partial charge is 0.319 e. The van der Waals surface area contributed by atoms with E-state index in [2.05, 4.69) is 31.3 Å². The van der Waals surface area contributed by atoms with Crippen molar-refractivity contribution in [1.82, 2.24) is 14.8 Å². The van der Waals surface area contributed by atoms with Crippen LogP contribution in [0.25, 0.3) is 17.1 Å². The molecule has 0 spiro atoms. The monoisotopic (exact) mass is 494 g/mol. The quantitative estimate of drug-likeness (QED) is 0.350. The molecule has 156 valence electrons. The van der Waals surface area contributed by atoms with Crippen LogP contribution in [0.2, 0.25) is 5.02 Å². The molecule has 0 bridgehead atoms. The van der Waals surface area contributed by atoms with E-state index in [1.807, 2.05) is 81.4 Å². The Bertz CT molecular complexity index is 1280. The van der Waals surface area contributed by atoms with Crippen LogP contribution in [0.4, 0.5) is 5.69 Å². The summed E-state index contributed by atoms with van der Waals surface area (Å²) < 4.78 is 2.62. The average molecular weight is 496 g/mol. The molecule has 0 radical (unpaired) electrons. The van der Waals surface area contributed by atoms with Gasteiger partial charge in [0, 0.05) is 20.7 Å². The van der Waals surface area contributed by atoms with Crippen LogP contribution < -0.4 is 5.32 Å². The van der Waals surface area contributed by atoms with Crippen LogP contribution >= 0.6 is 27.5 Å². The molecule has 4 aromatic rings. The molecule has 0 atom stereocenters. The van der Waals surface area contributed by atoms with Gasteiger partial charge >= 0.3 is 0 Å². The fourth-order valence-corrected chi connectivity index (χ4v) is 3.63. The Morgan fingerprint density at radius 1 is 1.00 bits per heavy atom. The third kappa shape index (κ3) is 4.40. The Morgan fingerprint density at radius 2 is 1.74 bits per heavy atom. The average Bonchev–Trinajstić information content (AvgIpc) is 3.18. The molecule has 1 heterocycles. The number of rotatable bonds is 4. The highest BCUT2D eigenvalue weighted by Crippen LogP contribution is 2.28. The van der Waals surface area contributed by atoms with E-state index in [1.54, 1.807) is 4.68 Å². The molecule has 0 unspecified atom stereocenters. The van der Waals surface area contributed by atoms with E-state index in [1.165, 1.54) is 0 Å². The predicted octanol–water partition coefficient (Wildman–Crippen LogP) is 6.53. The highest BCUT2D eigenvalue weighted by Gasteiger charge is 2.20. The van der Waals surface area contributed by atoms with Gasteiger partial charge in [-0.2, -0.15) is 0 Å². The van der Waals surface area contributed by atoms with E-state index < -0.39 is 0 Å². The number of aromatic nitrogens is 3. The molecule has 0 fully saturated rings. The standard InChI is InChI=1S/C24H20BrClN4O/c1-14-7-12-19(13-15(14)2)27-24(31)22-28-23(17-8-10-18(25)11-9-17)30(29-22)21-6-4-5-20(26)16(21)3/h4-13H,1-3H3,(H,27,31). The summed E-state index contributed by atoms with van der Waals surface area (Å²) in [7, 11) is 0. The van der Waals surface area contributed by atoms with Crippen LogP contribution in [0.5, 0.6) is 0 Å².